The van der Waals surface area contributed by atoms with Crippen LogP contribution in [0.15, 0.2) is 23.1 Å². The Balaban J connectivity index is 2.56. The number of nitrogens with one attached hydrogen (secondary N) is 1. The summed E-state index contributed by atoms with van der Waals surface area (Å²) in [5, 5.41) is 2.61. The summed E-state index contributed by atoms with van der Waals surface area (Å²) < 4.78 is 6.04. The molecule has 0 atom stereocenters. The number of hydrogen-bond donors (Lipinski definition) is 2. The summed E-state index contributed by atoms with van der Waals surface area (Å²) in [7, 11) is 1.55. The largest absolute Gasteiger partial charge is 0.394 e. The van der Waals surface area contributed by atoms with Crippen molar-refractivity contribution in [3.63, 3.8) is 0 Å². The van der Waals surface area contributed by atoms with Crippen LogP contribution in [-0.4, -0.2) is 30.7 Å². The summed E-state index contributed by atoms with van der Waals surface area (Å²) in [6.07, 6.45) is 1.52. The van der Waals surface area contributed by atoms with E-state index in [1.165, 1.54) is 16.8 Å². The van der Waals surface area contributed by atoms with E-state index in [4.69, 9.17) is 10.5 Å². The maximum atomic E-state index is 11.5. The first-order valence-electron chi connectivity index (χ1n) is 4.85. The first kappa shape index (κ1) is 12.3. The van der Waals surface area contributed by atoms with Gasteiger partial charge in [0, 0.05) is 19.9 Å². The van der Waals surface area contributed by atoms with Gasteiger partial charge >= 0.3 is 0 Å². The van der Waals surface area contributed by atoms with E-state index in [0.29, 0.717) is 13.2 Å². The quantitative estimate of drug-likeness (QED) is 0.642. The Bertz CT molecular complexity index is 414. The Morgan fingerprint density at radius 3 is 3.06 bits per heavy atom. The van der Waals surface area contributed by atoms with Gasteiger partial charge in [0.25, 0.3) is 5.56 Å². The molecule has 1 amide bonds. The number of carbonyl (C=O) groups is 1. The predicted molar refractivity (Wildman–Crippen MR) is 60.0 cm³/mol. The highest BCUT2D eigenvalue weighted by Gasteiger charge is 2.04. The molecule has 0 aliphatic heterocycles. The molecule has 0 unspecified atom stereocenters. The van der Waals surface area contributed by atoms with Gasteiger partial charge in [-0.15, -0.1) is 0 Å². The molecule has 0 radical (unpaired) electrons. The van der Waals surface area contributed by atoms with E-state index in [1.54, 1.807) is 13.2 Å². The molecule has 0 saturated heterocycles. The first-order chi connectivity index (χ1) is 7.65. The molecule has 0 aliphatic carbocycles. The van der Waals surface area contributed by atoms with E-state index in [2.05, 4.69) is 5.32 Å². The van der Waals surface area contributed by atoms with Crippen molar-refractivity contribution in [1.82, 2.24) is 9.88 Å². The predicted octanol–water partition coefficient (Wildman–Crippen LogP) is -0.807. The summed E-state index contributed by atoms with van der Waals surface area (Å²) in [5.41, 5.74) is 5.21. The van der Waals surface area contributed by atoms with Crippen molar-refractivity contribution in [2.24, 2.45) is 0 Å². The molecule has 16 heavy (non-hydrogen) atoms. The number of ether oxygens (including phenoxy) is 1. The van der Waals surface area contributed by atoms with Crippen molar-refractivity contribution in [3.8, 4) is 0 Å². The van der Waals surface area contributed by atoms with E-state index in [-0.39, 0.29) is 23.7 Å². The first-order valence-corrected chi connectivity index (χ1v) is 4.85. The van der Waals surface area contributed by atoms with Gasteiger partial charge in [-0.1, -0.05) is 0 Å². The van der Waals surface area contributed by atoms with Crippen LogP contribution in [0.2, 0.25) is 0 Å². The molecule has 3 N–H and O–H groups in total. The van der Waals surface area contributed by atoms with Crippen LogP contribution < -0.4 is 16.6 Å². The molecule has 0 bridgehead atoms. The molecule has 1 aromatic heterocycles. The molecular weight excluding hydrogens is 210 g/mol. The number of anilines is 1. The molecule has 0 saturated carbocycles. The van der Waals surface area contributed by atoms with Gasteiger partial charge < -0.3 is 20.4 Å². The molecule has 6 nitrogen and oxygen atoms in total. The standard InChI is InChI=1S/C10H15N3O3/c1-16-6-4-12-9(14)7-13-5-2-3-8(11)10(13)15/h2-3,5H,4,6-7,11H2,1H3,(H,12,14). The minimum atomic E-state index is -0.357. The number of nitrogens with two attached hydrogens (primary N) is 1. The SMILES string of the molecule is COCCNC(=O)Cn1cccc(N)c1=O. The van der Waals surface area contributed by atoms with Crippen LogP contribution in [-0.2, 0) is 16.1 Å². The Morgan fingerprint density at radius 2 is 2.38 bits per heavy atom. The highest BCUT2D eigenvalue weighted by atomic mass is 16.5. The lowest BCUT2D eigenvalue weighted by Crippen LogP contribution is -2.34. The van der Waals surface area contributed by atoms with Crippen LogP contribution in [0.25, 0.3) is 0 Å². The number of methoxy groups -OCH3 is 1. The molecule has 1 rings (SSSR count). The molecular formula is C10H15N3O3. The van der Waals surface area contributed by atoms with Crippen LogP contribution in [0.5, 0.6) is 0 Å². The van der Waals surface area contributed by atoms with Gasteiger partial charge in [-0.25, -0.2) is 0 Å². The van der Waals surface area contributed by atoms with Gasteiger partial charge in [0.05, 0.1) is 12.3 Å². The Hall–Kier alpha value is -1.82. The van der Waals surface area contributed by atoms with Gasteiger partial charge in [-0.05, 0) is 12.1 Å². The number of hydrogen-bond acceptors (Lipinski definition) is 4. The lowest BCUT2D eigenvalue weighted by atomic mass is 10.4. The summed E-state index contributed by atoms with van der Waals surface area (Å²) in [5.74, 6) is -0.246. The number of carbonyl (C=O) groups excluding carboxylic acids is 1. The second-order valence-corrected chi connectivity index (χ2v) is 3.24. The zero-order chi connectivity index (χ0) is 12.0. The molecule has 0 aromatic carbocycles. The van der Waals surface area contributed by atoms with Crippen LogP contribution in [0.4, 0.5) is 5.69 Å². The normalized spacial score (nSPS) is 10.1. The van der Waals surface area contributed by atoms with Crippen LogP contribution in [0, 0.1) is 0 Å². The fourth-order valence-electron chi connectivity index (χ4n) is 1.18. The van der Waals surface area contributed by atoms with E-state index in [0.717, 1.165) is 0 Å². The minimum absolute atomic E-state index is 0.0341. The highest BCUT2D eigenvalue weighted by molar-refractivity contribution is 5.75. The van der Waals surface area contributed by atoms with Crippen molar-refractivity contribution in [2.75, 3.05) is 26.0 Å². The summed E-state index contributed by atoms with van der Waals surface area (Å²) in [4.78, 5) is 22.9. The number of pyridine rings is 1. The Morgan fingerprint density at radius 1 is 1.62 bits per heavy atom. The van der Waals surface area contributed by atoms with Gasteiger partial charge in [0.15, 0.2) is 0 Å². The number of rotatable bonds is 5. The van der Waals surface area contributed by atoms with E-state index in [9.17, 15) is 9.59 Å². The minimum Gasteiger partial charge on any atom is -0.394 e. The average molecular weight is 225 g/mol. The lowest BCUT2D eigenvalue weighted by Gasteiger charge is -2.07. The van der Waals surface area contributed by atoms with E-state index >= 15 is 0 Å². The van der Waals surface area contributed by atoms with Crippen LogP contribution in [0.3, 0.4) is 0 Å². The van der Waals surface area contributed by atoms with Gasteiger partial charge in [-0.3, -0.25) is 9.59 Å². The Kier molecular flexibility index (Phi) is 4.53. The smallest absolute Gasteiger partial charge is 0.274 e. The van der Waals surface area contributed by atoms with Crippen LogP contribution in [0.1, 0.15) is 0 Å². The molecule has 6 heteroatoms. The fourth-order valence-corrected chi connectivity index (χ4v) is 1.18. The molecule has 1 heterocycles. The number of nitrogens with zero attached hydrogens (tertiary/aromatic N) is 1. The maximum Gasteiger partial charge on any atom is 0.274 e. The zero-order valence-electron chi connectivity index (χ0n) is 9.10. The number of nitrogen functional groups attached to an aromatic ring is 1. The molecule has 0 aliphatic rings. The third-order valence-corrected chi connectivity index (χ3v) is 1.99. The van der Waals surface area contributed by atoms with Crippen molar-refractivity contribution in [1.29, 1.82) is 0 Å². The summed E-state index contributed by atoms with van der Waals surface area (Å²) in [6.45, 7) is 0.831. The van der Waals surface area contributed by atoms with Gasteiger partial charge in [0.1, 0.15) is 6.54 Å². The molecule has 0 fully saturated rings. The van der Waals surface area contributed by atoms with Crippen LogP contribution >= 0.6 is 0 Å². The fraction of sp³-hybridized carbons (Fsp3) is 0.400. The van der Waals surface area contributed by atoms with Crippen molar-refractivity contribution in [3.05, 3.63) is 28.7 Å². The van der Waals surface area contributed by atoms with Gasteiger partial charge in [0.2, 0.25) is 5.91 Å². The number of amides is 1. The molecule has 1 aromatic rings. The summed E-state index contributed by atoms with van der Waals surface area (Å²) in [6, 6.07) is 3.13. The zero-order valence-corrected chi connectivity index (χ0v) is 9.10. The van der Waals surface area contributed by atoms with Crippen molar-refractivity contribution in [2.45, 2.75) is 6.54 Å². The number of aromatic nitrogens is 1. The second kappa shape index (κ2) is 5.92. The van der Waals surface area contributed by atoms with Gasteiger partial charge in [-0.2, -0.15) is 0 Å². The lowest BCUT2D eigenvalue weighted by molar-refractivity contribution is -0.121. The van der Waals surface area contributed by atoms with E-state index in [1.807, 2.05) is 0 Å². The maximum absolute atomic E-state index is 11.5. The van der Waals surface area contributed by atoms with Crippen molar-refractivity contribution >= 4 is 11.6 Å². The third-order valence-electron chi connectivity index (χ3n) is 1.99. The van der Waals surface area contributed by atoms with E-state index < -0.39 is 0 Å². The topological polar surface area (TPSA) is 86.3 Å². The van der Waals surface area contributed by atoms with Crippen molar-refractivity contribution < 1.29 is 9.53 Å². The molecule has 88 valence electrons. The monoisotopic (exact) mass is 225 g/mol. The second-order valence-electron chi connectivity index (χ2n) is 3.24. The summed E-state index contributed by atoms with van der Waals surface area (Å²) >= 11 is 0. The average Bonchev–Trinajstić information content (AvgIpc) is 2.25. The highest BCUT2D eigenvalue weighted by Crippen LogP contribution is 1.91. The Labute approximate surface area is 93.0 Å². The third kappa shape index (κ3) is 3.39. The molecule has 0 spiro atoms.